The molecule has 8 heteroatoms. The molecule has 1 N–H and O–H groups in total. The molecule has 0 atom stereocenters. The van der Waals surface area contributed by atoms with Gasteiger partial charge in [0, 0.05) is 6.42 Å². The number of carbonyl (C=O) groups excluding carboxylic acids is 2. The van der Waals surface area contributed by atoms with Gasteiger partial charge < -0.3 is 23.9 Å². The van der Waals surface area contributed by atoms with Gasteiger partial charge in [0.2, 0.25) is 0 Å². The first-order chi connectivity index (χ1) is 17.5. The van der Waals surface area contributed by atoms with Crippen molar-refractivity contribution in [3.8, 4) is 23.3 Å². The minimum Gasteiger partial charge on any atom is -0.494 e. The van der Waals surface area contributed by atoms with E-state index in [-0.39, 0.29) is 24.3 Å². The van der Waals surface area contributed by atoms with E-state index in [0.29, 0.717) is 36.7 Å². The van der Waals surface area contributed by atoms with Crippen LogP contribution in [-0.2, 0) is 16.1 Å². The second kappa shape index (κ2) is 13.4. The molecule has 0 aliphatic carbocycles. The van der Waals surface area contributed by atoms with Crippen molar-refractivity contribution in [3.63, 3.8) is 0 Å². The van der Waals surface area contributed by atoms with Gasteiger partial charge in [0.05, 0.1) is 26.0 Å². The highest BCUT2D eigenvalue weighted by molar-refractivity contribution is 6.01. The Hall–Kier alpha value is -4.51. The zero-order valence-corrected chi connectivity index (χ0v) is 20.3. The van der Waals surface area contributed by atoms with Crippen molar-refractivity contribution < 1.29 is 28.2 Å². The van der Waals surface area contributed by atoms with Gasteiger partial charge in [0.25, 0.3) is 5.91 Å². The summed E-state index contributed by atoms with van der Waals surface area (Å²) >= 11 is 0. The van der Waals surface area contributed by atoms with Gasteiger partial charge in [-0.05, 0) is 73.9 Å². The van der Waals surface area contributed by atoms with Crippen LogP contribution in [0.2, 0.25) is 0 Å². The third kappa shape index (κ3) is 8.06. The molecule has 0 saturated heterocycles. The summed E-state index contributed by atoms with van der Waals surface area (Å²) in [5.41, 5.74) is 1.57. The Morgan fingerprint density at radius 2 is 1.94 bits per heavy atom. The van der Waals surface area contributed by atoms with Gasteiger partial charge in [0.1, 0.15) is 23.2 Å². The molecule has 3 aromatic rings. The third-order valence-electron chi connectivity index (χ3n) is 4.95. The topological polar surface area (TPSA) is 111 Å². The van der Waals surface area contributed by atoms with Crippen molar-refractivity contribution in [2.45, 2.75) is 33.2 Å². The first-order valence-corrected chi connectivity index (χ1v) is 11.6. The monoisotopic (exact) mass is 488 g/mol. The summed E-state index contributed by atoms with van der Waals surface area (Å²) in [5.74, 6) is 0.991. The quantitative estimate of drug-likeness (QED) is 0.126. The Labute approximate surface area is 210 Å². The van der Waals surface area contributed by atoms with Crippen LogP contribution in [0, 0.1) is 18.3 Å². The standard InChI is InChI=1S/C28H28N2O6/c1-3-33-26-17-21(16-22(18-29)28(32)30-19-24-9-5-13-35-24)11-12-25(26)36-27(31)10-6-14-34-23-8-4-7-20(2)15-23/h4-5,7-9,11-13,15-17H,3,6,10,14,19H2,1-2H3,(H,30,32)/b22-16+. The van der Waals surface area contributed by atoms with Crippen molar-refractivity contribution in [1.29, 1.82) is 5.26 Å². The fourth-order valence-corrected chi connectivity index (χ4v) is 3.24. The predicted molar refractivity (Wildman–Crippen MR) is 133 cm³/mol. The smallest absolute Gasteiger partial charge is 0.311 e. The molecule has 0 aliphatic rings. The van der Waals surface area contributed by atoms with Crippen molar-refractivity contribution >= 4 is 18.0 Å². The summed E-state index contributed by atoms with van der Waals surface area (Å²) < 4.78 is 22.0. The second-order valence-corrected chi connectivity index (χ2v) is 7.81. The SMILES string of the molecule is CCOc1cc(/C=C(\C#N)C(=O)NCc2ccco2)ccc1OC(=O)CCCOc1cccc(C)c1. The molecule has 3 rings (SSSR count). The molecule has 0 aliphatic heterocycles. The van der Waals surface area contributed by atoms with Crippen LogP contribution in [-0.4, -0.2) is 25.1 Å². The van der Waals surface area contributed by atoms with E-state index < -0.39 is 11.9 Å². The van der Waals surface area contributed by atoms with E-state index in [1.54, 1.807) is 37.3 Å². The molecule has 0 saturated carbocycles. The predicted octanol–water partition coefficient (Wildman–Crippen LogP) is 4.97. The molecule has 0 radical (unpaired) electrons. The van der Waals surface area contributed by atoms with Crippen LogP contribution in [0.1, 0.15) is 36.7 Å². The van der Waals surface area contributed by atoms with Crippen LogP contribution < -0.4 is 19.5 Å². The molecule has 0 fully saturated rings. The number of rotatable bonds is 12. The number of nitriles is 1. The Kier molecular flexibility index (Phi) is 9.71. The van der Waals surface area contributed by atoms with Gasteiger partial charge in [0.15, 0.2) is 11.5 Å². The Morgan fingerprint density at radius 3 is 2.67 bits per heavy atom. The van der Waals surface area contributed by atoms with E-state index in [0.717, 1.165) is 11.3 Å². The first kappa shape index (κ1) is 26.1. The van der Waals surface area contributed by atoms with Gasteiger partial charge in [-0.1, -0.05) is 18.2 Å². The normalized spacial score (nSPS) is 10.9. The molecule has 186 valence electrons. The van der Waals surface area contributed by atoms with Gasteiger partial charge in [-0.25, -0.2) is 0 Å². The van der Waals surface area contributed by atoms with E-state index in [9.17, 15) is 14.9 Å². The fraction of sp³-hybridized carbons (Fsp3) is 0.250. The number of benzene rings is 2. The maximum Gasteiger partial charge on any atom is 0.311 e. The molecule has 2 aromatic carbocycles. The van der Waals surface area contributed by atoms with Crippen LogP contribution >= 0.6 is 0 Å². The lowest BCUT2D eigenvalue weighted by Gasteiger charge is -2.12. The zero-order valence-electron chi connectivity index (χ0n) is 20.3. The number of esters is 1. The Balaban J connectivity index is 1.58. The van der Waals surface area contributed by atoms with E-state index in [2.05, 4.69) is 5.32 Å². The van der Waals surface area contributed by atoms with Crippen LogP contribution in [0.4, 0.5) is 0 Å². The number of ether oxygens (including phenoxy) is 3. The maximum atomic E-state index is 12.4. The lowest BCUT2D eigenvalue weighted by molar-refractivity contribution is -0.134. The summed E-state index contributed by atoms with van der Waals surface area (Å²) in [6, 6.07) is 17.9. The average Bonchev–Trinajstić information content (AvgIpc) is 3.39. The average molecular weight is 489 g/mol. The molecule has 1 amide bonds. The van der Waals surface area contributed by atoms with E-state index >= 15 is 0 Å². The van der Waals surface area contributed by atoms with E-state index in [1.165, 1.54) is 12.3 Å². The number of amides is 1. The number of aryl methyl sites for hydroxylation is 1. The molecular formula is C28H28N2O6. The van der Waals surface area contributed by atoms with Gasteiger partial charge in [-0.3, -0.25) is 9.59 Å². The summed E-state index contributed by atoms with van der Waals surface area (Å²) in [6.45, 7) is 4.69. The van der Waals surface area contributed by atoms with Gasteiger partial charge in [-0.2, -0.15) is 5.26 Å². The molecule has 0 unspecified atom stereocenters. The van der Waals surface area contributed by atoms with Gasteiger partial charge >= 0.3 is 5.97 Å². The summed E-state index contributed by atoms with van der Waals surface area (Å²) in [6.07, 6.45) is 3.61. The highest BCUT2D eigenvalue weighted by Gasteiger charge is 2.14. The Bertz CT molecular complexity index is 1240. The fourth-order valence-electron chi connectivity index (χ4n) is 3.24. The summed E-state index contributed by atoms with van der Waals surface area (Å²) in [7, 11) is 0. The first-order valence-electron chi connectivity index (χ1n) is 11.6. The zero-order chi connectivity index (χ0) is 25.8. The highest BCUT2D eigenvalue weighted by atomic mass is 16.6. The minimum absolute atomic E-state index is 0.0811. The summed E-state index contributed by atoms with van der Waals surface area (Å²) in [4.78, 5) is 24.7. The van der Waals surface area contributed by atoms with Crippen LogP contribution in [0.3, 0.4) is 0 Å². The number of nitrogens with zero attached hydrogens (tertiary/aromatic N) is 1. The van der Waals surface area contributed by atoms with Crippen LogP contribution in [0.5, 0.6) is 17.2 Å². The second-order valence-electron chi connectivity index (χ2n) is 7.81. The number of nitrogens with one attached hydrogen (secondary N) is 1. The van der Waals surface area contributed by atoms with Crippen molar-refractivity contribution in [2.75, 3.05) is 13.2 Å². The molecular weight excluding hydrogens is 460 g/mol. The number of hydrogen-bond acceptors (Lipinski definition) is 7. The minimum atomic E-state index is -0.532. The molecule has 1 heterocycles. The molecule has 36 heavy (non-hydrogen) atoms. The number of furan rings is 1. The lowest BCUT2D eigenvalue weighted by atomic mass is 10.1. The molecule has 0 bridgehead atoms. The number of hydrogen-bond donors (Lipinski definition) is 1. The molecule has 0 spiro atoms. The molecule has 8 nitrogen and oxygen atoms in total. The van der Waals surface area contributed by atoms with Gasteiger partial charge in [-0.15, -0.1) is 0 Å². The highest BCUT2D eigenvalue weighted by Crippen LogP contribution is 2.30. The largest absolute Gasteiger partial charge is 0.494 e. The summed E-state index contributed by atoms with van der Waals surface area (Å²) in [5, 5.41) is 12.1. The van der Waals surface area contributed by atoms with Crippen molar-refractivity contribution in [1.82, 2.24) is 5.32 Å². The maximum absolute atomic E-state index is 12.4. The third-order valence-corrected chi connectivity index (χ3v) is 4.95. The molecule has 1 aromatic heterocycles. The van der Waals surface area contributed by atoms with E-state index in [1.807, 2.05) is 37.3 Å². The van der Waals surface area contributed by atoms with E-state index in [4.69, 9.17) is 18.6 Å². The van der Waals surface area contributed by atoms with Crippen molar-refractivity contribution in [2.24, 2.45) is 0 Å². The van der Waals surface area contributed by atoms with Crippen LogP contribution in [0.15, 0.2) is 70.9 Å². The Morgan fingerprint density at radius 1 is 1.08 bits per heavy atom. The number of carbonyl (C=O) groups is 2. The van der Waals surface area contributed by atoms with Crippen LogP contribution in [0.25, 0.3) is 6.08 Å². The lowest BCUT2D eigenvalue weighted by Crippen LogP contribution is -2.23. The van der Waals surface area contributed by atoms with Crippen molar-refractivity contribution in [3.05, 3.63) is 83.3 Å².